The van der Waals surface area contributed by atoms with Crippen molar-refractivity contribution in [3.8, 4) is 22.8 Å². The van der Waals surface area contributed by atoms with Gasteiger partial charge in [-0.3, -0.25) is 9.78 Å². The Balaban J connectivity index is 1.69. The minimum absolute atomic E-state index is 0.126. The summed E-state index contributed by atoms with van der Waals surface area (Å²) in [6.45, 7) is 2.11. The van der Waals surface area contributed by atoms with E-state index in [1.807, 2.05) is 24.3 Å². The largest absolute Gasteiger partial charge is 0.377 e. The number of hydrogen-bond acceptors (Lipinski definition) is 5. The van der Waals surface area contributed by atoms with Crippen molar-refractivity contribution in [2.75, 3.05) is 10.6 Å². The number of anilines is 2. The van der Waals surface area contributed by atoms with Crippen molar-refractivity contribution >= 4 is 28.1 Å². The van der Waals surface area contributed by atoms with E-state index < -0.39 is 0 Å². The lowest BCUT2D eigenvalue weighted by atomic mass is 10.1. The molecule has 6 heteroatoms. The number of carbonyl (C=O) groups excluding carboxylic acids is 1. The molecular weight excluding hydrogens is 356 g/mol. The number of benzene rings is 1. The second-order valence-corrected chi connectivity index (χ2v) is 7.05. The second-order valence-electron chi connectivity index (χ2n) is 6.02. The Labute approximate surface area is 162 Å². The highest BCUT2D eigenvalue weighted by atomic mass is 32.1. The van der Waals surface area contributed by atoms with Crippen molar-refractivity contribution in [1.29, 1.82) is 0 Å². The van der Waals surface area contributed by atoms with Crippen LogP contribution in [0, 0.1) is 12.3 Å². The maximum atomic E-state index is 11.8. The van der Waals surface area contributed by atoms with Crippen molar-refractivity contribution in [1.82, 2.24) is 9.97 Å². The maximum Gasteiger partial charge on any atom is 0.227 e. The smallest absolute Gasteiger partial charge is 0.227 e. The Bertz CT molecular complexity index is 946. The van der Waals surface area contributed by atoms with Gasteiger partial charge >= 0.3 is 0 Å². The third kappa shape index (κ3) is 5.16. The van der Waals surface area contributed by atoms with Crippen LogP contribution in [-0.2, 0) is 4.79 Å². The number of aromatic nitrogens is 2. The molecule has 2 aromatic heterocycles. The van der Waals surface area contributed by atoms with Crippen molar-refractivity contribution in [2.24, 2.45) is 0 Å². The van der Waals surface area contributed by atoms with Gasteiger partial charge in [0.15, 0.2) is 5.13 Å². The van der Waals surface area contributed by atoms with Crippen LogP contribution in [0.5, 0.6) is 0 Å². The molecule has 1 aromatic carbocycles. The van der Waals surface area contributed by atoms with Crippen LogP contribution >= 0.6 is 11.3 Å². The summed E-state index contributed by atoms with van der Waals surface area (Å²) in [5.41, 5.74) is 3.08. The first-order chi connectivity index (χ1) is 13.2. The molecule has 1 amide bonds. The average molecular weight is 376 g/mol. The van der Waals surface area contributed by atoms with Crippen LogP contribution in [0.3, 0.4) is 0 Å². The fourth-order valence-corrected chi connectivity index (χ4v) is 3.37. The van der Waals surface area contributed by atoms with E-state index in [0.717, 1.165) is 16.1 Å². The molecule has 0 bridgehead atoms. The van der Waals surface area contributed by atoms with Gasteiger partial charge in [-0.25, -0.2) is 4.98 Å². The van der Waals surface area contributed by atoms with E-state index >= 15 is 0 Å². The number of pyridine rings is 1. The quantitative estimate of drug-likeness (QED) is 0.585. The molecule has 0 unspecified atom stereocenters. The molecule has 0 spiro atoms. The lowest BCUT2D eigenvalue weighted by Crippen LogP contribution is -2.10. The number of hydrogen-bond donors (Lipinski definition) is 2. The first kappa shape index (κ1) is 18.6. The standard InChI is InChI=1S/C21H20N4OS/c1-3-4-10-20(26)25-21-23-14-19(27-21)17-11-18(13-22-12-17)24-15(2)16-8-6-5-7-9-16/h1,5-9,11-15,24H,4,10H2,2H3,(H,23,25,26)/t15-/m0/s1. The summed E-state index contributed by atoms with van der Waals surface area (Å²) in [6, 6.07) is 12.4. The van der Waals surface area contributed by atoms with Gasteiger partial charge in [0.2, 0.25) is 5.91 Å². The first-order valence-electron chi connectivity index (χ1n) is 8.62. The molecule has 0 aliphatic rings. The van der Waals surface area contributed by atoms with E-state index in [1.165, 1.54) is 16.9 Å². The van der Waals surface area contributed by atoms with Crippen LogP contribution in [0.25, 0.3) is 10.4 Å². The highest BCUT2D eigenvalue weighted by molar-refractivity contribution is 7.19. The fourth-order valence-electron chi connectivity index (χ4n) is 2.56. The molecule has 27 heavy (non-hydrogen) atoms. The van der Waals surface area contributed by atoms with E-state index in [4.69, 9.17) is 6.42 Å². The predicted octanol–water partition coefficient (Wildman–Crippen LogP) is 4.73. The number of amides is 1. The fraction of sp³-hybridized carbons (Fsp3) is 0.190. The van der Waals surface area contributed by atoms with E-state index in [0.29, 0.717) is 18.0 Å². The lowest BCUT2D eigenvalue weighted by molar-refractivity contribution is -0.116. The van der Waals surface area contributed by atoms with Gasteiger partial charge in [-0.1, -0.05) is 41.7 Å². The summed E-state index contributed by atoms with van der Waals surface area (Å²) >= 11 is 1.41. The van der Waals surface area contributed by atoms with Gasteiger partial charge in [0, 0.05) is 43.0 Å². The summed E-state index contributed by atoms with van der Waals surface area (Å²) in [7, 11) is 0. The summed E-state index contributed by atoms with van der Waals surface area (Å²) < 4.78 is 0. The molecule has 0 aliphatic carbocycles. The van der Waals surface area contributed by atoms with Crippen molar-refractivity contribution < 1.29 is 4.79 Å². The van der Waals surface area contributed by atoms with E-state index in [2.05, 4.69) is 45.6 Å². The number of nitrogens with one attached hydrogen (secondary N) is 2. The molecule has 2 N–H and O–H groups in total. The Morgan fingerprint density at radius 3 is 2.85 bits per heavy atom. The van der Waals surface area contributed by atoms with Gasteiger partial charge in [-0.2, -0.15) is 0 Å². The van der Waals surface area contributed by atoms with Gasteiger partial charge in [0.25, 0.3) is 0 Å². The Kier molecular flexibility index (Phi) is 6.18. The first-order valence-corrected chi connectivity index (χ1v) is 9.43. The zero-order valence-electron chi connectivity index (χ0n) is 15.0. The van der Waals surface area contributed by atoms with Gasteiger partial charge in [0.05, 0.1) is 10.6 Å². The van der Waals surface area contributed by atoms with E-state index in [-0.39, 0.29) is 11.9 Å². The van der Waals surface area contributed by atoms with Crippen molar-refractivity contribution in [2.45, 2.75) is 25.8 Å². The highest BCUT2D eigenvalue weighted by Crippen LogP contribution is 2.30. The van der Waals surface area contributed by atoms with Crippen LogP contribution in [0.15, 0.2) is 55.0 Å². The molecule has 136 valence electrons. The molecule has 1 atom stereocenters. The number of carbonyl (C=O) groups is 1. The molecule has 0 radical (unpaired) electrons. The monoisotopic (exact) mass is 376 g/mol. The molecule has 0 saturated heterocycles. The molecule has 3 rings (SSSR count). The third-order valence-electron chi connectivity index (χ3n) is 3.95. The van der Waals surface area contributed by atoms with E-state index in [1.54, 1.807) is 18.6 Å². The van der Waals surface area contributed by atoms with Crippen molar-refractivity contribution in [3.63, 3.8) is 0 Å². The van der Waals surface area contributed by atoms with Gasteiger partial charge in [-0.15, -0.1) is 12.3 Å². The van der Waals surface area contributed by atoms with Gasteiger partial charge < -0.3 is 10.6 Å². The van der Waals surface area contributed by atoms with Crippen LogP contribution in [0.4, 0.5) is 10.8 Å². The summed E-state index contributed by atoms with van der Waals surface area (Å²) in [5, 5.41) is 6.79. The van der Waals surface area contributed by atoms with Crippen molar-refractivity contribution in [3.05, 3.63) is 60.6 Å². The topological polar surface area (TPSA) is 66.9 Å². The minimum Gasteiger partial charge on any atom is -0.377 e. The number of nitrogens with zero attached hydrogens (tertiary/aromatic N) is 2. The molecule has 0 aliphatic heterocycles. The SMILES string of the molecule is C#CCCC(=O)Nc1ncc(-c2cncc(N[C@@H](C)c3ccccc3)c2)s1. The lowest BCUT2D eigenvalue weighted by Gasteiger charge is -2.15. The van der Waals surface area contributed by atoms with Gasteiger partial charge in [-0.05, 0) is 18.6 Å². The van der Waals surface area contributed by atoms with E-state index in [9.17, 15) is 4.79 Å². The van der Waals surface area contributed by atoms with Crippen LogP contribution in [-0.4, -0.2) is 15.9 Å². The van der Waals surface area contributed by atoms with Gasteiger partial charge in [0.1, 0.15) is 0 Å². The van der Waals surface area contributed by atoms with Crippen LogP contribution in [0.2, 0.25) is 0 Å². The molecular formula is C21H20N4OS. The second kappa shape index (κ2) is 8.97. The maximum absolute atomic E-state index is 11.8. The zero-order chi connectivity index (χ0) is 19.1. The molecule has 2 heterocycles. The van der Waals surface area contributed by atoms with Crippen LogP contribution < -0.4 is 10.6 Å². The van der Waals surface area contributed by atoms with Crippen LogP contribution in [0.1, 0.15) is 31.4 Å². The number of rotatable bonds is 7. The average Bonchev–Trinajstić information content (AvgIpc) is 3.15. The summed E-state index contributed by atoms with van der Waals surface area (Å²) in [4.78, 5) is 21.3. The zero-order valence-corrected chi connectivity index (χ0v) is 15.8. The molecule has 0 fully saturated rings. The molecule has 5 nitrogen and oxygen atoms in total. The minimum atomic E-state index is -0.126. The normalized spacial score (nSPS) is 11.4. The third-order valence-corrected chi connectivity index (χ3v) is 4.92. The Morgan fingerprint density at radius 2 is 2.07 bits per heavy atom. The Hall–Kier alpha value is -3.17. The highest BCUT2D eigenvalue weighted by Gasteiger charge is 2.10. The Morgan fingerprint density at radius 1 is 1.26 bits per heavy atom. The summed E-state index contributed by atoms with van der Waals surface area (Å²) in [6.07, 6.45) is 11.2. The molecule has 0 saturated carbocycles. The predicted molar refractivity (Wildman–Crippen MR) is 111 cm³/mol. The molecule has 3 aromatic rings. The summed E-state index contributed by atoms with van der Waals surface area (Å²) in [5.74, 6) is 2.33. The number of terminal acetylenes is 1. The number of thiazole rings is 1.